The molecule has 0 saturated carbocycles. The van der Waals surface area contributed by atoms with Gasteiger partial charge in [0.2, 0.25) is 0 Å². The van der Waals surface area contributed by atoms with Crippen LogP contribution in [0.5, 0.6) is 5.75 Å². The minimum atomic E-state index is 0.121. The molecule has 0 atom stereocenters. The van der Waals surface area contributed by atoms with Gasteiger partial charge in [-0.05, 0) is 17.7 Å². The zero-order valence-electron chi connectivity index (χ0n) is 8.15. The first-order chi connectivity index (χ1) is 7.26. The average molecular weight is 200 g/mol. The average Bonchev–Trinajstić information content (AvgIpc) is 2.28. The quantitative estimate of drug-likeness (QED) is 0.692. The fraction of sp³-hybridized carbons (Fsp3) is 0.182. The number of aldehydes is 1. The van der Waals surface area contributed by atoms with E-state index in [4.69, 9.17) is 15.3 Å². The summed E-state index contributed by atoms with van der Waals surface area (Å²) in [6.07, 6.45) is 0.753. The molecule has 0 bridgehead atoms. The summed E-state index contributed by atoms with van der Waals surface area (Å²) in [4.78, 5) is 10.7. The molecule has 15 heavy (non-hydrogen) atoms. The number of carbonyl (C=O) groups is 1. The van der Waals surface area contributed by atoms with Gasteiger partial charge in [-0.2, -0.15) is 10.5 Å². The van der Waals surface area contributed by atoms with E-state index < -0.39 is 0 Å². The predicted octanol–water partition coefficient (Wildman–Crippen LogP) is 1.45. The second kappa shape index (κ2) is 4.78. The molecule has 0 amide bonds. The Morgan fingerprint density at radius 2 is 2.20 bits per heavy atom. The standard InChI is InChI=1S/C11H8N2O2/c1-15-11-5-8(2-3-12)10(7-14)4-9(11)6-13/h4-5,7H,2H2,1H3. The molecule has 0 saturated heterocycles. The van der Waals surface area contributed by atoms with Gasteiger partial charge in [0.1, 0.15) is 18.1 Å². The summed E-state index contributed by atoms with van der Waals surface area (Å²) in [5, 5.41) is 17.3. The molecule has 4 heteroatoms. The van der Waals surface area contributed by atoms with Crippen LogP contribution in [0.3, 0.4) is 0 Å². The van der Waals surface area contributed by atoms with E-state index in [0.29, 0.717) is 28.7 Å². The van der Waals surface area contributed by atoms with Gasteiger partial charge in [-0.3, -0.25) is 4.79 Å². The Bertz CT molecular complexity index is 467. The minimum Gasteiger partial charge on any atom is -0.495 e. The molecule has 0 aliphatic rings. The van der Waals surface area contributed by atoms with E-state index in [0.717, 1.165) is 0 Å². The highest BCUT2D eigenvalue weighted by Crippen LogP contribution is 2.22. The number of carbonyl (C=O) groups excluding carboxylic acids is 1. The lowest BCUT2D eigenvalue weighted by Crippen LogP contribution is -1.96. The van der Waals surface area contributed by atoms with Crippen molar-refractivity contribution in [2.45, 2.75) is 6.42 Å². The molecule has 0 fully saturated rings. The summed E-state index contributed by atoms with van der Waals surface area (Å²) >= 11 is 0. The molecule has 0 unspecified atom stereocenters. The van der Waals surface area contributed by atoms with Crippen LogP contribution in [0.2, 0.25) is 0 Å². The SMILES string of the molecule is COc1cc(CC#N)c(C=O)cc1C#N. The number of methoxy groups -OCH3 is 1. The Labute approximate surface area is 87.3 Å². The summed E-state index contributed by atoms with van der Waals surface area (Å²) in [5.41, 5.74) is 1.22. The van der Waals surface area contributed by atoms with E-state index in [1.54, 1.807) is 6.07 Å². The Balaban J connectivity index is 3.36. The van der Waals surface area contributed by atoms with Gasteiger partial charge in [0.05, 0.1) is 25.2 Å². The van der Waals surface area contributed by atoms with Crippen LogP contribution < -0.4 is 4.74 Å². The normalized spacial score (nSPS) is 8.73. The molecule has 0 heterocycles. The summed E-state index contributed by atoms with van der Waals surface area (Å²) in [6, 6.07) is 6.85. The van der Waals surface area contributed by atoms with Gasteiger partial charge in [0.15, 0.2) is 0 Å². The number of ether oxygens (including phenoxy) is 1. The van der Waals surface area contributed by atoms with Crippen LogP contribution >= 0.6 is 0 Å². The summed E-state index contributed by atoms with van der Waals surface area (Å²) in [6.45, 7) is 0. The van der Waals surface area contributed by atoms with Gasteiger partial charge in [-0.1, -0.05) is 0 Å². The van der Waals surface area contributed by atoms with Crippen LogP contribution in [-0.2, 0) is 6.42 Å². The van der Waals surface area contributed by atoms with Crippen molar-refractivity contribution in [1.82, 2.24) is 0 Å². The largest absolute Gasteiger partial charge is 0.495 e. The van der Waals surface area contributed by atoms with Gasteiger partial charge >= 0.3 is 0 Å². The zero-order valence-corrected chi connectivity index (χ0v) is 8.15. The highest BCUT2D eigenvalue weighted by Gasteiger charge is 2.09. The highest BCUT2D eigenvalue weighted by atomic mass is 16.5. The molecular formula is C11H8N2O2. The van der Waals surface area contributed by atoms with Crippen molar-refractivity contribution in [3.05, 3.63) is 28.8 Å². The first-order valence-electron chi connectivity index (χ1n) is 4.20. The molecule has 0 aliphatic carbocycles. The number of nitriles is 2. The van der Waals surface area contributed by atoms with Crippen LogP contribution in [0.1, 0.15) is 21.5 Å². The van der Waals surface area contributed by atoms with E-state index in [1.165, 1.54) is 13.2 Å². The van der Waals surface area contributed by atoms with Crippen LogP contribution in [0.4, 0.5) is 0 Å². The third kappa shape index (κ3) is 2.12. The number of hydrogen-bond acceptors (Lipinski definition) is 4. The van der Waals surface area contributed by atoms with Crippen LogP contribution in [0.15, 0.2) is 12.1 Å². The molecule has 0 radical (unpaired) electrons. The van der Waals surface area contributed by atoms with Crippen molar-refractivity contribution >= 4 is 6.29 Å². The summed E-state index contributed by atoms with van der Waals surface area (Å²) in [5.74, 6) is 0.383. The molecule has 0 aromatic heterocycles. The second-order valence-electron chi connectivity index (χ2n) is 2.82. The van der Waals surface area contributed by atoms with E-state index in [-0.39, 0.29) is 6.42 Å². The van der Waals surface area contributed by atoms with Gasteiger partial charge < -0.3 is 4.74 Å². The minimum absolute atomic E-state index is 0.121. The molecule has 1 aromatic carbocycles. The van der Waals surface area contributed by atoms with E-state index in [2.05, 4.69) is 0 Å². The molecule has 74 valence electrons. The van der Waals surface area contributed by atoms with Crippen LogP contribution in [-0.4, -0.2) is 13.4 Å². The monoisotopic (exact) mass is 200 g/mol. The highest BCUT2D eigenvalue weighted by molar-refractivity contribution is 5.79. The van der Waals surface area contributed by atoms with E-state index in [9.17, 15) is 4.79 Å². The zero-order chi connectivity index (χ0) is 11.3. The number of benzene rings is 1. The Hall–Kier alpha value is -2.33. The molecule has 0 spiro atoms. The Morgan fingerprint density at radius 1 is 1.47 bits per heavy atom. The molecule has 1 aromatic rings. The lowest BCUT2D eigenvalue weighted by molar-refractivity contribution is 0.112. The maximum Gasteiger partial charge on any atom is 0.150 e. The summed E-state index contributed by atoms with van der Waals surface area (Å²) in [7, 11) is 1.44. The maximum atomic E-state index is 10.7. The lowest BCUT2D eigenvalue weighted by Gasteiger charge is -2.06. The van der Waals surface area contributed by atoms with Gasteiger partial charge in [0, 0.05) is 5.56 Å². The topological polar surface area (TPSA) is 73.9 Å². The number of rotatable bonds is 3. The molecular weight excluding hydrogens is 192 g/mol. The van der Waals surface area contributed by atoms with Crippen molar-refractivity contribution in [2.24, 2.45) is 0 Å². The van der Waals surface area contributed by atoms with Gasteiger partial charge in [-0.15, -0.1) is 0 Å². The van der Waals surface area contributed by atoms with Crippen molar-refractivity contribution < 1.29 is 9.53 Å². The van der Waals surface area contributed by atoms with Crippen molar-refractivity contribution in [3.8, 4) is 17.9 Å². The van der Waals surface area contributed by atoms with Crippen molar-refractivity contribution in [1.29, 1.82) is 10.5 Å². The van der Waals surface area contributed by atoms with Crippen LogP contribution in [0, 0.1) is 22.7 Å². The fourth-order valence-corrected chi connectivity index (χ4v) is 1.24. The predicted molar refractivity (Wildman–Crippen MR) is 52.4 cm³/mol. The first-order valence-corrected chi connectivity index (χ1v) is 4.20. The number of nitrogens with zero attached hydrogens (tertiary/aromatic N) is 2. The van der Waals surface area contributed by atoms with Gasteiger partial charge in [-0.25, -0.2) is 0 Å². The van der Waals surface area contributed by atoms with Gasteiger partial charge in [0.25, 0.3) is 0 Å². The van der Waals surface area contributed by atoms with Crippen molar-refractivity contribution in [3.63, 3.8) is 0 Å². The molecule has 4 nitrogen and oxygen atoms in total. The Morgan fingerprint density at radius 3 is 2.67 bits per heavy atom. The lowest BCUT2D eigenvalue weighted by atomic mass is 10.0. The maximum absolute atomic E-state index is 10.7. The molecule has 0 aliphatic heterocycles. The van der Waals surface area contributed by atoms with Crippen molar-refractivity contribution in [2.75, 3.05) is 7.11 Å². The number of hydrogen-bond donors (Lipinski definition) is 0. The smallest absolute Gasteiger partial charge is 0.150 e. The third-order valence-corrected chi connectivity index (χ3v) is 1.98. The third-order valence-electron chi connectivity index (χ3n) is 1.98. The fourth-order valence-electron chi connectivity index (χ4n) is 1.24. The Kier molecular flexibility index (Phi) is 3.43. The second-order valence-corrected chi connectivity index (χ2v) is 2.82. The first kappa shape index (κ1) is 10.7. The molecule has 1 rings (SSSR count). The summed E-state index contributed by atoms with van der Waals surface area (Å²) < 4.78 is 4.97. The van der Waals surface area contributed by atoms with E-state index in [1.807, 2.05) is 12.1 Å². The van der Waals surface area contributed by atoms with Crippen LogP contribution in [0.25, 0.3) is 0 Å². The molecule has 0 N–H and O–H groups in total. The van der Waals surface area contributed by atoms with E-state index >= 15 is 0 Å².